The third-order valence-electron chi connectivity index (χ3n) is 1.42. The summed E-state index contributed by atoms with van der Waals surface area (Å²) in [6.45, 7) is -0.373. The van der Waals surface area contributed by atoms with Crippen LogP contribution in [0.15, 0.2) is 24.3 Å². The molecule has 0 saturated heterocycles. The van der Waals surface area contributed by atoms with E-state index in [-0.39, 0.29) is 6.61 Å². The number of hydrogen-bond donors (Lipinski definition) is 1. The van der Waals surface area contributed by atoms with Crippen LogP contribution in [0.1, 0.15) is 6.42 Å². The molecule has 1 rings (SSSR count). The predicted molar refractivity (Wildman–Crippen MR) is 45.1 cm³/mol. The summed E-state index contributed by atoms with van der Waals surface area (Å²) in [7, 11) is 0. The first-order valence-electron chi connectivity index (χ1n) is 3.51. The molecule has 1 N–H and O–H groups in total. The number of aliphatic carboxylic acids is 1. The standard InChI is InChI=1S/C8H9ClO3/c9-8(12-6-7(10)11)4-2-1-3-5-8/h1-4H,5-6H2,(H,10,11). The molecule has 0 aromatic heterocycles. The summed E-state index contributed by atoms with van der Waals surface area (Å²) in [5.41, 5.74) is 0. The van der Waals surface area contributed by atoms with Gasteiger partial charge in [-0.15, -0.1) is 0 Å². The first kappa shape index (κ1) is 9.29. The molecule has 0 amide bonds. The number of carboxylic acid groups (broad SMARTS) is 1. The lowest BCUT2D eigenvalue weighted by Crippen LogP contribution is -2.26. The van der Waals surface area contributed by atoms with Crippen molar-refractivity contribution < 1.29 is 14.6 Å². The molecular formula is C8H9ClO3. The SMILES string of the molecule is O=C(O)COC1(Cl)C=CC=CC1. The van der Waals surface area contributed by atoms with Gasteiger partial charge in [-0.1, -0.05) is 29.8 Å². The van der Waals surface area contributed by atoms with Gasteiger partial charge in [-0.25, -0.2) is 4.79 Å². The summed E-state index contributed by atoms with van der Waals surface area (Å²) < 4.78 is 4.96. The molecule has 0 saturated carbocycles. The molecular weight excluding hydrogens is 180 g/mol. The van der Waals surface area contributed by atoms with Crippen molar-refractivity contribution in [3.8, 4) is 0 Å². The maximum Gasteiger partial charge on any atom is 0.329 e. The molecule has 4 heteroatoms. The number of carbonyl (C=O) groups is 1. The molecule has 0 spiro atoms. The van der Waals surface area contributed by atoms with Crippen molar-refractivity contribution in [2.75, 3.05) is 6.61 Å². The van der Waals surface area contributed by atoms with Gasteiger partial charge in [0.05, 0.1) is 0 Å². The largest absolute Gasteiger partial charge is 0.480 e. The van der Waals surface area contributed by atoms with Gasteiger partial charge in [0.15, 0.2) is 5.06 Å². The zero-order valence-corrected chi connectivity index (χ0v) is 7.12. The van der Waals surface area contributed by atoms with Gasteiger partial charge >= 0.3 is 5.97 Å². The zero-order valence-electron chi connectivity index (χ0n) is 6.37. The van der Waals surface area contributed by atoms with E-state index in [0.717, 1.165) is 0 Å². The Morgan fingerprint density at radius 2 is 2.42 bits per heavy atom. The van der Waals surface area contributed by atoms with Crippen molar-refractivity contribution in [1.29, 1.82) is 0 Å². The Labute approximate surface area is 75.3 Å². The molecule has 0 aromatic carbocycles. The van der Waals surface area contributed by atoms with Gasteiger partial charge in [0, 0.05) is 6.42 Å². The fourth-order valence-electron chi connectivity index (χ4n) is 0.863. The quantitative estimate of drug-likeness (QED) is 0.684. The monoisotopic (exact) mass is 188 g/mol. The van der Waals surface area contributed by atoms with Gasteiger partial charge in [0.2, 0.25) is 0 Å². The molecule has 1 aliphatic rings. The highest BCUT2D eigenvalue weighted by Gasteiger charge is 2.25. The van der Waals surface area contributed by atoms with Crippen LogP contribution in [0.4, 0.5) is 0 Å². The van der Waals surface area contributed by atoms with E-state index in [2.05, 4.69) is 0 Å². The van der Waals surface area contributed by atoms with Crippen LogP contribution in [0.3, 0.4) is 0 Å². The third-order valence-corrected chi connectivity index (χ3v) is 1.81. The van der Waals surface area contributed by atoms with Crippen LogP contribution in [0, 0.1) is 0 Å². The normalized spacial score (nSPS) is 27.4. The third kappa shape index (κ3) is 2.68. The van der Waals surface area contributed by atoms with Crippen molar-refractivity contribution >= 4 is 17.6 Å². The zero-order chi connectivity index (χ0) is 9.03. The highest BCUT2D eigenvalue weighted by Crippen LogP contribution is 2.26. The van der Waals surface area contributed by atoms with E-state index < -0.39 is 11.0 Å². The van der Waals surface area contributed by atoms with E-state index in [0.29, 0.717) is 6.42 Å². The number of hydrogen-bond acceptors (Lipinski definition) is 2. The van der Waals surface area contributed by atoms with E-state index in [1.165, 1.54) is 0 Å². The maximum atomic E-state index is 10.2. The highest BCUT2D eigenvalue weighted by atomic mass is 35.5. The van der Waals surface area contributed by atoms with E-state index in [1.54, 1.807) is 12.2 Å². The van der Waals surface area contributed by atoms with Crippen molar-refractivity contribution in [2.24, 2.45) is 0 Å². The van der Waals surface area contributed by atoms with Crippen molar-refractivity contribution in [1.82, 2.24) is 0 Å². The van der Waals surface area contributed by atoms with Crippen LogP contribution in [0.2, 0.25) is 0 Å². The lowest BCUT2D eigenvalue weighted by Gasteiger charge is -2.22. The number of ether oxygens (including phenoxy) is 1. The lowest BCUT2D eigenvalue weighted by molar-refractivity contribution is -0.144. The van der Waals surface area contributed by atoms with Crippen LogP contribution >= 0.6 is 11.6 Å². The minimum absolute atomic E-state index is 0.373. The minimum Gasteiger partial charge on any atom is -0.480 e. The fourth-order valence-corrected chi connectivity index (χ4v) is 1.08. The van der Waals surface area contributed by atoms with Gasteiger partial charge in [-0.3, -0.25) is 0 Å². The molecule has 1 aliphatic carbocycles. The molecule has 0 radical (unpaired) electrons. The molecule has 0 aromatic rings. The van der Waals surface area contributed by atoms with Crippen molar-refractivity contribution in [2.45, 2.75) is 11.5 Å². The van der Waals surface area contributed by atoms with Gasteiger partial charge in [0.1, 0.15) is 6.61 Å². The minimum atomic E-state index is -1.02. The second kappa shape index (κ2) is 3.74. The first-order chi connectivity index (χ1) is 5.62. The van der Waals surface area contributed by atoms with E-state index in [1.807, 2.05) is 12.2 Å². The molecule has 1 unspecified atom stereocenters. The maximum absolute atomic E-state index is 10.2. The van der Waals surface area contributed by atoms with Gasteiger partial charge in [-0.05, 0) is 6.08 Å². The van der Waals surface area contributed by atoms with E-state index in [4.69, 9.17) is 21.4 Å². The average molecular weight is 189 g/mol. The van der Waals surface area contributed by atoms with Crippen LogP contribution in [0.25, 0.3) is 0 Å². The fraction of sp³-hybridized carbons (Fsp3) is 0.375. The van der Waals surface area contributed by atoms with Gasteiger partial charge in [-0.2, -0.15) is 0 Å². The van der Waals surface area contributed by atoms with Crippen LogP contribution in [-0.4, -0.2) is 22.7 Å². The topological polar surface area (TPSA) is 46.5 Å². The lowest BCUT2D eigenvalue weighted by atomic mass is 10.1. The number of alkyl halides is 1. The molecule has 0 aliphatic heterocycles. The average Bonchev–Trinajstić information content (AvgIpc) is 2.03. The van der Waals surface area contributed by atoms with Gasteiger partial charge in [0.25, 0.3) is 0 Å². The molecule has 12 heavy (non-hydrogen) atoms. The van der Waals surface area contributed by atoms with Crippen molar-refractivity contribution in [3.63, 3.8) is 0 Å². The second-order valence-electron chi connectivity index (χ2n) is 2.46. The highest BCUT2D eigenvalue weighted by molar-refractivity contribution is 6.24. The Morgan fingerprint density at radius 3 is 2.92 bits per heavy atom. The predicted octanol–water partition coefficient (Wildman–Crippen LogP) is 1.54. The van der Waals surface area contributed by atoms with E-state index in [9.17, 15) is 4.79 Å². The number of halogens is 1. The smallest absolute Gasteiger partial charge is 0.329 e. The molecule has 3 nitrogen and oxygen atoms in total. The number of rotatable bonds is 3. The Balaban J connectivity index is 2.44. The summed E-state index contributed by atoms with van der Waals surface area (Å²) in [4.78, 5) is 10.2. The van der Waals surface area contributed by atoms with Crippen LogP contribution in [-0.2, 0) is 9.53 Å². The summed E-state index contributed by atoms with van der Waals surface area (Å²) in [6, 6.07) is 0. The molecule has 66 valence electrons. The second-order valence-corrected chi connectivity index (χ2v) is 3.10. The molecule has 0 fully saturated rings. The Kier molecular flexibility index (Phi) is 2.89. The Hall–Kier alpha value is -0.800. The van der Waals surface area contributed by atoms with Gasteiger partial charge < -0.3 is 9.84 Å². The first-order valence-corrected chi connectivity index (χ1v) is 3.89. The Bertz CT molecular complexity index is 234. The summed E-state index contributed by atoms with van der Waals surface area (Å²) in [5.74, 6) is -1.02. The van der Waals surface area contributed by atoms with Crippen molar-refractivity contribution in [3.05, 3.63) is 24.3 Å². The number of allylic oxidation sites excluding steroid dienone is 2. The molecule has 1 atom stereocenters. The van der Waals surface area contributed by atoms with Crippen LogP contribution in [0.5, 0.6) is 0 Å². The molecule has 0 heterocycles. The number of carboxylic acids is 1. The summed E-state index contributed by atoms with van der Waals surface area (Å²) in [5, 5.41) is 7.37. The summed E-state index contributed by atoms with van der Waals surface area (Å²) in [6.07, 6.45) is 7.54. The van der Waals surface area contributed by atoms with Crippen LogP contribution < -0.4 is 0 Å². The van der Waals surface area contributed by atoms with E-state index >= 15 is 0 Å². The Morgan fingerprint density at radius 1 is 1.67 bits per heavy atom. The molecule has 0 bridgehead atoms. The summed E-state index contributed by atoms with van der Waals surface area (Å²) >= 11 is 5.90.